The summed E-state index contributed by atoms with van der Waals surface area (Å²) in [5, 5.41) is 7.71. The van der Waals surface area contributed by atoms with Crippen LogP contribution in [-0.2, 0) is 4.79 Å². The molecule has 0 saturated heterocycles. The fourth-order valence-corrected chi connectivity index (χ4v) is 4.39. The van der Waals surface area contributed by atoms with E-state index in [4.69, 9.17) is 5.73 Å². The van der Waals surface area contributed by atoms with Crippen molar-refractivity contribution >= 4 is 78.8 Å². The van der Waals surface area contributed by atoms with Crippen molar-refractivity contribution in [3.05, 3.63) is 45.2 Å². The Kier molecular flexibility index (Phi) is 6.25. The molecule has 4 N–H and O–H groups in total. The van der Waals surface area contributed by atoms with E-state index < -0.39 is 0 Å². The SMILES string of the molecule is Nc1nc(SCC(=O)Nc2ccc(Br)cc2)sc1C(=O)Nc1nccs1. The number of amides is 2. The number of benzene rings is 1. The third-order valence-corrected chi connectivity index (χ3v) is 6.38. The number of carbonyl (C=O) groups excluding carboxylic acids is 2. The largest absolute Gasteiger partial charge is 0.382 e. The van der Waals surface area contributed by atoms with Gasteiger partial charge in [0.25, 0.3) is 5.91 Å². The van der Waals surface area contributed by atoms with Crippen LogP contribution in [-0.4, -0.2) is 27.5 Å². The quantitative estimate of drug-likeness (QED) is 0.471. The Morgan fingerprint density at radius 2 is 2.00 bits per heavy atom. The topological polar surface area (TPSA) is 110 Å². The molecule has 0 radical (unpaired) electrons. The van der Waals surface area contributed by atoms with Crippen molar-refractivity contribution in [2.45, 2.75) is 4.34 Å². The maximum atomic E-state index is 12.2. The molecule has 0 spiro atoms. The van der Waals surface area contributed by atoms with Crippen molar-refractivity contribution in [2.75, 3.05) is 22.1 Å². The zero-order valence-corrected chi connectivity index (χ0v) is 17.1. The minimum atomic E-state index is -0.360. The number of thiazole rings is 2. The van der Waals surface area contributed by atoms with Gasteiger partial charge in [0.15, 0.2) is 9.47 Å². The molecular weight excluding hydrogens is 458 g/mol. The number of hydrogen-bond acceptors (Lipinski definition) is 8. The number of rotatable bonds is 6. The number of nitrogen functional groups attached to an aromatic ring is 1. The second kappa shape index (κ2) is 8.62. The molecule has 3 aromatic rings. The van der Waals surface area contributed by atoms with Crippen molar-refractivity contribution in [3.63, 3.8) is 0 Å². The van der Waals surface area contributed by atoms with E-state index in [0.717, 1.165) is 15.8 Å². The molecule has 0 aliphatic carbocycles. The van der Waals surface area contributed by atoms with Crippen LogP contribution >= 0.6 is 50.4 Å². The van der Waals surface area contributed by atoms with Crippen molar-refractivity contribution < 1.29 is 9.59 Å². The molecule has 3 rings (SSSR count). The summed E-state index contributed by atoms with van der Waals surface area (Å²) in [4.78, 5) is 32.7. The first-order valence-electron chi connectivity index (χ1n) is 7.16. The van der Waals surface area contributed by atoms with E-state index in [1.165, 1.54) is 23.1 Å². The molecule has 2 amide bonds. The molecule has 0 bridgehead atoms. The lowest BCUT2D eigenvalue weighted by Crippen LogP contribution is -2.13. The number of halogens is 1. The predicted octanol–water partition coefficient (Wildman–Crippen LogP) is 3.93. The van der Waals surface area contributed by atoms with E-state index >= 15 is 0 Å². The Balaban J connectivity index is 1.56. The number of nitrogens with zero attached hydrogens (tertiary/aromatic N) is 2. The highest BCUT2D eigenvalue weighted by Gasteiger charge is 2.18. The smallest absolute Gasteiger partial charge is 0.271 e. The Bertz CT molecular complexity index is 912. The van der Waals surface area contributed by atoms with Crippen LogP contribution < -0.4 is 16.4 Å². The first-order chi connectivity index (χ1) is 12.5. The van der Waals surface area contributed by atoms with Crippen LogP contribution in [0.3, 0.4) is 0 Å². The highest BCUT2D eigenvalue weighted by atomic mass is 79.9. The summed E-state index contributed by atoms with van der Waals surface area (Å²) < 4.78 is 1.49. The molecule has 26 heavy (non-hydrogen) atoms. The molecule has 2 heterocycles. The van der Waals surface area contributed by atoms with E-state index in [-0.39, 0.29) is 23.4 Å². The van der Waals surface area contributed by atoms with Gasteiger partial charge < -0.3 is 11.1 Å². The molecule has 0 atom stereocenters. The third kappa shape index (κ3) is 5.04. The summed E-state index contributed by atoms with van der Waals surface area (Å²) in [5.41, 5.74) is 6.53. The molecule has 0 fully saturated rings. The third-order valence-electron chi connectivity index (χ3n) is 2.95. The Morgan fingerprint density at radius 3 is 2.69 bits per heavy atom. The summed E-state index contributed by atoms with van der Waals surface area (Å²) in [6.45, 7) is 0. The van der Waals surface area contributed by atoms with Crippen LogP contribution in [0.15, 0.2) is 44.7 Å². The number of aromatic nitrogens is 2. The van der Waals surface area contributed by atoms with Crippen molar-refractivity contribution in [2.24, 2.45) is 0 Å². The standard InChI is InChI=1S/C15H12BrN5O2S3/c16-8-1-3-9(4-2-8)19-10(22)7-25-15-20-12(17)11(26-15)13(23)21-14-18-5-6-24-14/h1-6H,7,17H2,(H,19,22)(H,18,21,23). The predicted molar refractivity (Wildman–Crippen MR) is 110 cm³/mol. The monoisotopic (exact) mass is 469 g/mol. The van der Waals surface area contributed by atoms with Crippen molar-refractivity contribution in [3.8, 4) is 0 Å². The Labute approximate surface area is 169 Å². The maximum absolute atomic E-state index is 12.2. The van der Waals surface area contributed by atoms with Gasteiger partial charge in [-0.3, -0.25) is 14.9 Å². The molecule has 2 aromatic heterocycles. The number of carbonyl (C=O) groups is 2. The Hall–Kier alpha value is -1.95. The highest BCUT2D eigenvalue weighted by molar-refractivity contribution is 9.10. The first kappa shape index (κ1) is 18.8. The first-order valence-corrected chi connectivity index (χ1v) is 10.6. The molecular formula is C15H12BrN5O2S3. The van der Waals surface area contributed by atoms with Gasteiger partial charge in [-0.05, 0) is 24.3 Å². The minimum absolute atomic E-state index is 0.139. The summed E-state index contributed by atoms with van der Waals surface area (Å²) in [6, 6.07) is 7.29. The molecule has 0 unspecified atom stereocenters. The lowest BCUT2D eigenvalue weighted by molar-refractivity contribution is -0.113. The zero-order chi connectivity index (χ0) is 18.5. The van der Waals surface area contributed by atoms with Gasteiger partial charge in [-0.1, -0.05) is 27.7 Å². The lowest BCUT2D eigenvalue weighted by Gasteiger charge is -2.04. The number of nitrogens with one attached hydrogen (secondary N) is 2. The van der Waals surface area contributed by atoms with Crippen molar-refractivity contribution in [1.29, 1.82) is 0 Å². The van der Waals surface area contributed by atoms with Gasteiger partial charge >= 0.3 is 0 Å². The van der Waals surface area contributed by atoms with Gasteiger partial charge in [0.2, 0.25) is 5.91 Å². The summed E-state index contributed by atoms with van der Waals surface area (Å²) in [6.07, 6.45) is 1.60. The average Bonchev–Trinajstić information content (AvgIpc) is 3.24. The van der Waals surface area contributed by atoms with E-state index in [9.17, 15) is 9.59 Å². The summed E-state index contributed by atoms with van der Waals surface area (Å²) >= 11 is 7.02. The number of thioether (sulfide) groups is 1. The Morgan fingerprint density at radius 1 is 1.23 bits per heavy atom. The van der Waals surface area contributed by atoms with Gasteiger partial charge in [-0.25, -0.2) is 9.97 Å². The molecule has 134 valence electrons. The zero-order valence-electron chi connectivity index (χ0n) is 13.1. The summed E-state index contributed by atoms with van der Waals surface area (Å²) in [5.74, 6) is -0.225. The van der Waals surface area contributed by atoms with Crippen LogP contribution in [0, 0.1) is 0 Å². The number of anilines is 3. The second-order valence-corrected chi connectivity index (χ2v) is 8.86. The van der Waals surface area contributed by atoms with Gasteiger partial charge in [0, 0.05) is 21.7 Å². The molecule has 7 nitrogen and oxygen atoms in total. The van der Waals surface area contributed by atoms with E-state index in [1.54, 1.807) is 23.7 Å². The van der Waals surface area contributed by atoms with Crippen LogP contribution in [0.4, 0.5) is 16.6 Å². The lowest BCUT2D eigenvalue weighted by atomic mass is 10.3. The van der Waals surface area contributed by atoms with Gasteiger partial charge in [-0.2, -0.15) is 0 Å². The molecule has 1 aromatic carbocycles. The number of nitrogens with two attached hydrogens (primary N) is 1. The summed E-state index contributed by atoms with van der Waals surface area (Å²) in [7, 11) is 0. The fraction of sp³-hybridized carbons (Fsp3) is 0.0667. The van der Waals surface area contributed by atoms with E-state index in [1.807, 2.05) is 12.1 Å². The fourth-order valence-electron chi connectivity index (χ4n) is 1.83. The van der Waals surface area contributed by atoms with Crippen LogP contribution in [0.1, 0.15) is 9.67 Å². The molecule has 0 aliphatic heterocycles. The van der Waals surface area contributed by atoms with Crippen LogP contribution in [0.5, 0.6) is 0 Å². The normalized spacial score (nSPS) is 10.5. The van der Waals surface area contributed by atoms with E-state index in [0.29, 0.717) is 20.0 Å². The second-order valence-electron chi connectivity index (χ2n) is 4.83. The van der Waals surface area contributed by atoms with Crippen LogP contribution in [0.2, 0.25) is 0 Å². The minimum Gasteiger partial charge on any atom is -0.382 e. The number of hydrogen-bond donors (Lipinski definition) is 3. The van der Waals surface area contributed by atoms with Gasteiger partial charge in [0.1, 0.15) is 10.7 Å². The molecule has 0 aliphatic rings. The van der Waals surface area contributed by atoms with Crippen LogP contribution in [0.25, 0.3) is 0 Å². The highest BCUT2D eigenvalue weighted by Crippen LogP contribution is 2.30. The molecule has 11 heteroatoms. The van der Waals surface area contributed by atoms with E-state index in [2.05, 4.69) is 36.5 Å². The van der Waals surface area contributed by atoms with Gasteiger partial charge in [0.05, 0.1) is 5.75 Å². The molecule has 0 saturated carbocycles. The van der Waals surface area contributed by atoms with Gasteiger partial charge in [-0.15, -0.1) is 22.7 Å². The average molecular weight is 470 g/mol. The van der Waals surface area contributed by atoms with Crippen molar-refractivity contribution in [1.82, 2.24) is 9.97 Å². The maximum Gasteiger partial charge on any atom is 0.271 e.